The van der Waals surface area contributed by atoms with Gasteiger partial charge in [-0.25, -0.2) is 4.79 Å². The lowest BCUT2D eigenvalue weighted by atomic mass is 10.0. The summed E-state index contributed by atoms with van der Waals surface area (Å²) in [6.07, 6.45) is 3.79. The van der Waals surface area contributed by atoms with Crippen LogP contribution in [0.5, 0.6) is 0 Å². The SMILES string of the molecule is Cc1ccnn1CCC(=O)N1CCCC(n2c(=O)oc3ccc(Cl)cc32)C1. The molecule has 0 aliphatic carbocycles. The number of fused-ring (bicyclic) bond motifs is 1. The Morgan fingerprint density at radius 2 is 2.22 bits per heavy atom. The maximum atomic E-state index is 12.7. The van der Waals surface area contributed by atoms with Gasteiger partial charge in [0.05, 0.1) is 11.6 Å². The average molecular weight is 389 g/mol. The van der Waals surface area contributed by atoms with E-state index in [1.165, 1.54) is 0 Å². The number of aromatic nitrogens is 3. The van der Waals surface area contributed by atoms with Crippen molar-refractivity contribution in [2.75, 3.05) is 13.1 Å². The fraction of sp³-hybridized carbons (Fsp3) is 0.421. The van der Waals surface area contributed by atoms with E-state index in [-0.39, 0.29) is 11.9 Å². The standard InChI is InChI=1S/C19H21ClN4O3/c1-13-6-8-21-23(13)10-7-18(25)22-9-2-3-15(12-22)24-16-11-14(20)4-5-17(16)27-19(24)26/h4-6,8,11,15H,2-3,7,9-10,12H2,1H3. The molecule has 1 fully saturated rings. The van der Waals surface area contributed by atoms with Gasteiger partial charge < -0.3 is 9.32 Å². The topological polar surface area (TPSA) is 73.3 Å². The first-order valence-electron chi connectivity index (χ1n) is 9.10. The fourth-order valence-electron chi connectivity index (χ4n) is 3.74. The Kier molecular flexibility index (Phi) is 4.78. The van der Waals surface area contributed by atoms with Gasteiger partial charge in [-0.1, -0.05) is 11.6 Å². The van der Waals surface area contributed by atoms with Crippen molar-refractivity contribution in [1.29, 1.82) is 0 Å². The lowest BCUT2D eigenvalue weighted by Crippen LogP contribution is -2.42. The number of hydrogen-bond donors (Lipinski definition) is 0. The lowest BCUT2D eigenvalue weighted by Gasteiger charge is -2.33. The normalized spacial score (nSPS) is 17.6. The van der Waals surface area contributed by atoms with E-state index >= 15 is 0 Å². The van der Waals surface area contributed by atoms with Gasteiger partial charge in [0.25, 0.3) is 0 Å². The molecule has 0 spiro atoms. The monoisotopic (exact) mass is 388 g/mol. The molecule has 142 valence electrons. The number of rotatable bonds is 4. The first-order chi connectivity index (χ1) is 13.0. The van der Waals surface area contributed by atoms with E-state index < -0.39 is 5.76 Å². The van der Waals surface area contributed by atoms with Crippen LogP contribution in [-0.4, -0.2) is 38.2 Å². The van der Waals surface area contributed by atoms with Crippen molar-refractivity contribution in [1.82, 2.24) is 19.2 Å². The molecule has 1 saturated heterocycles. The Morgan fingerprint density at radius 3 is 3.00 bits per heavy atom. The Bertz CT molecular complexity index is 1040. The Balaban J connectivity index is 1.51. The van der Waals surface area contributed by atoms with Gasteiger partial charge >= 0.3 is 5.76 Å². The van der Waals surface area contributed by atoms with Crippen molar-refractivity contribution < 1.29 is 9.21 Å². The van der Waals surface area contributed by atoms with E-state index in [9.17, 15) is 9.59 Å². The van der Waals surface area contributed by atoms with Gasteiger partial charge in [0.2, 0.25) is 5.91 Å². The predicted octanol–water partition coefficient (Wildman–Crippen LogP) is 3.01. The Morgan fingerprint density at radius 1 is 1.37 bits per heavy atom. The second kappa shape index (κ2) is 7.23. The third-order valence-electron chi connectivity index (χ3n) is 5.16. The molecule has 2 aromatic heterocycles. The van der Waals surface area contributed by atoms with Crippen LogP contribution in [0.1, 0.15) is 31.0 Å². The van der Waals surface area contributed by atoms with Gasteiger partial charge in [0.15, 0.2) is 5.58 Å². The number of halogens is 1. The minimum Gasteiger partial charge on any atom is -0.408 e. The van der Waals surface area contributed by atoms with Crippen molar-refractivity contribution in [3.05, 3.63) is 51.7 Å². The van der Waals surface area contributed by atoms with Crippen LogP contribution in [-0.2, 0) is 11.3 Å². The molecule has 1 amide bonds. The summed E-state index contributed by atoms with van der Waals surface area (Å²) in [7, 11) is 0. The van der Waals surface area contributed by atoms with Crippen molar-refractivity contribution >= 4 is 28.6 Å². The summed E-state index contributed by atoms with van der Waals surface area (Å²) < 4.78 is 8.81. The maximum absolute atomic E-state index is 12.7. The quantitative estimate of drug-likeness (QED) is 0.688. The summed E-state index contributed by atoms with van der Waals surface area (Å²) in [6.45, 7) is 3.73. The highest BCUT2D eigenvalue weighted by atomic mass is 35.5. The van der Waals surface area contributed by atoms with E-state index in [1.54, 1.807) is 29.0 Å². The van der Waals surface area contributed by atoms with E-state index in [1.807, 2.05) is 22.6 Å². The van der Waals surface area contributed by atoms with Crippen LogP contribution in [0.3, 0.4) is 0 Å². The second-order valence-electron chi connectivity index (χ2n) is 6.93. The number of aryl methyl sites for hydroxylation is 2. The molecule has 1 aliphatic rings. The van der Waals surface area contributed by atoms with Crippen molar-refractivity contribution in [2.45, 2.75) is 38.8 Å². The first kappa shape index (κ1) is 17.9. The fourth-order valence-corrected chi connectivity index (χ4v) is 3.90. The lowest BCUT2D eigenvalue weighted by molar-refractivity contribution is -0.133. The largest absolute Gasteiger partial charge is 0.420 e. The minimum absolute atomic E-state index is 0.0773. The van der Waals surface area contributed by atoms with Gasteiger partial charge in [0.1, 0.15) is 0 Å². The van der Waals surface area contributed by atoms with Crippen molar-refractivity contribution in [3.63, 3.8) is 0 Å². The van der Waals surface area contributed by atoms with Gasteiger partial charge in [-0.15, -0.1) is 0 Å². The molecule has 8 heteroatoms. The minimum atomic E-state index is -0.404. The molecule has 0 N–H and O–H groups in total. The number of nitrogens with zero attached hydrogens (tertiary/aromatic N) is 4. The number of oxazole rings is 1. The van der Waals surface area contributed by atoms with Crippen LogP contribution in [0, 0.1) is 6.92 Å². The number of carbonyl (C=O) groups excluding carboxylic acids is 1. The van der Waals surface area contributed by atoms with Crippen LogP contribution < -0.4 is 5.76 Å². The molecule has 1 aromatic carbocycles. The average Bonchev–Trinajstić information content (AvgIpc) is 3.21. The van der Waals surface area contributed by atoms with E-state index in [2.05, 4.69) is 5.10 Å². The molecule has 1 atom stereocenters. The van der Waals surface area contributed by atoms with Crippen molar-refractivity contribution in [3.8, 4) is 0 Å². The van der Waals surface area contributed by atoms with Crippen LogP contribution in [0.4, 0.5) is 0 Å². The highest BCUT2D eigenvalue weighted by Gasteiger charge is 2.27. The van der Waals surface area contributed by atoms with Crippen LogP contribution in [0.15, 0.2) is 39.7 Å². The summed E-state index contributed by atoms with van der Waals surface area (Å²) in [5.41, 5.74) is 2.23. The van der Waals surface area contributed by atoms with Gasteiger partial charge in [0, 0.05) is 43.0 Å². The molecule has 7 nitrogen and oxygen atoms in total. The zero-order valence-corrected chi connectivity index (χ0v) is 15.9. The molecule has 27 heavy (non-hydrogen) atoms. The molecule has 1 aliphatic heterocycles. The number of amides is 1. The van der Waals surface area contributed by atoms with Crippen LogP contribution in [0.2, 0.25) is 5.02 Å². The van der Waals surface area contributed by atoms with E-state index in [4.69, 9.17) is 16.0 Å². The summed E-state index contributed by atoms with van der Waals surface area (Å²) in [6, 6.07) is 6.95. The Hall–Kier alpha value is -2.54. The van der Waals surface area contributed by atoms with Crippen LogP contribution in [0.25, 0.3) is 11.1 Å². The third kappa shape index (κ3) is 3.51. The number of piperidine rings is 1. The smallest absolute Gasteiger partial charge is 0.408 e. The van der Waals surface area contributed by atoms with Gasteiger partial charge in [-0.05, 0) is 44.0 Å². The van der Waals surface area contributed by atoms with E-state index in [0.29, 0.717) is 42.2 Å². The second-order valence-corrected chi connectivity index (χ2v) is 7.37. The predicted molar refractivity (Wildman–Crippen MR) is 102 cm³/mol. The molecule has 4 rings (SSSR count). The number of benzene rings is 1. The Labute approximate surface area is 161 Å². The van der Waals surface area contributed by atoms with E-state index in [0.717, 1.165) is 18.5 Å². The summed E-state index contributed by atoms with van der Waals surface area (Å²) in [5.74, 6) is -0.327. The van der Waals surface area contributed by atoms with Gasteiger partial charge in [-0.2, -0.15) is 5.10 Å². The molecular formula is C19H21ClN4O3. The summed E-state index contributed by atoms with van der Waals surface area (Å²) in [4.78, 5) is 26.9. The zero-order chi connectivity index (χ0) is 19.0. The molecule has 0 bridgehead atoms. The van der Waals surface area contributed by atoms with Crippen molar-refractivity contribution in [2.24, 2.45) is 0 Å². The van der Waals surface area contributed by atoms with Crippen LogP contribution >= 0.6 is 11.6 Å². The number of carbonyl (C=O) groups is 1. The number of hydrogen-bond acceptors (Lipinski definition) is 4. The highest BCUT2D eigenvalue weighted by Crippen LogP contribution is 2.27. The summed E-state index contributed by atoms with van der Waals surface area (Å²) in [5, 5.41) is 4.77. The maximum Gasteiger partial charge on any atom is 0.420 e. The number of likely N-dealkylation sites (tertiary alicyclic amines) is 1. The first-order valence-corrected chi connectivity index (χ1v) is 9.47. The van der Waals surface area contributed by atoms with Gasteiger partial charge in [-0.3, -0.25) is 14.0 Å². The highest BCUT2D eigenvalue weighted by molar-refractivity contribution is 6.31. The molecule has 3 heterocycles. The zero-order valence-electron chi connectivity index (χ0n) is 15.1. The molecule has 0 saturated carbocycles. The third-order valence-corrected chi connectivity index (χ3v) is 5.39. The summed E-state index contributed by atoms with van der Waals surface area (Å²) >= 11 is 6.09. The molecule has 3 aromatic rings. The molecule has 1 unspecified atom stereocenters. The molecule has 0 radical (unpaired) electrons. The molecular weight excluding hydrogens is 368 g/mol.